The van der Waals surface area contributed by atoms with Crippen LogP contribution in [0.5, 0.6) is 5.75 Å². The Labute approximate surface area is 140 Å². The van der Waals surface area contributed by atoms with Gasteiger partial charge in [-0.15, -0.1) is 0 Å². The van der Waals surface area contributed by atoms with Crippen LogP contribution in [-0.2, 0) is 4.74 Å². The Balaban J connectivity index is 2.10. The molecule has 2 aromatic rings. The monoisotopic (exact) mass is 329 g/mol. The van der Waals surface area contributed by atoms with Crippen LogP contribution in [0.25, 0.3) is 0 Å². The zero-order valence-corrected chi connectivity index (χ0v) is 13.5. The summed E-state index contributed by atoms with van der Waals surface area (Å²) < 4.78 is 10.1. The van der Waals surface area contributed by atoms with Crippen molar-refractivity contribution in [3.8, 4) is 5.75 Å². The summed E-state index contributed by atoms with van der Waals surface area (Å²) in [5.41, 5.74) is 0.834. The Hall–Kier alpha value is -2.93. The minimum Gasteiger partial charge on any atom is -0.495 e. The lowest BCUT2D eigenvalue weighted by molar-refractivity contribution is 0.0932. The summed E-state index contributed by atoms with van der Waals surface area (Å²) in [5.74, 6) is -0.246. The molecule has 0 fully saturated rings. The zero-order chi connectivity index (χ0) is 17.4. The normalized spacial score (nSPS) is 10.1. The van der Waals surface area contributed by atoms with E-state index in [4.69, 9.17) is 9.47 Å². The van der Waals surface area contributed by atoms with Crippen molar-refractivity contribution < 1.29 is 19.1 Å². The molecule has 1 aromatic carbocycles. The van der Waals surface area contributed by atoms with Gasteiger partial charge < -0.3 is 20.1 Å². The number of aromatic nitrogens is 1. The first-order valence-electron chi connectivity index (χ1n) is 7.34. The van der Waals surface area contributed by atoms with Crippen LogP contribution in [0.4, 0.5) is 5.69 Å². The van der Waals surface area contributed by atoms with Gasteiger partial charge in [0.2, 0.25) is 0 Å². The minimum atomic E-state index is -0.425. The highest BCUT2D eigenvalue weighted by Crippen LogP contribution is 2.23. The van der Waals surface area contributed by atoms with Crippen LogP contribution < -0.4 is 15.4 Å². The van der Waals surface area contributed by atoms with E-state index >= 15 is 0 Å². The fraction of sp³-hybridized carbons (Fsp3) is 0.235. The van der Waals surface area contributed by atoms with Crippen molar-refractivity contribution in [1.29, 1.82) is 0 Å². The maximum absolute atomic E-state index is 12.3. The molecular formula is C17H19N3O4. The van der Waals surface area contributed by atoms with Crippen LogP contribution in [-0.4, -0.2) is 44.2 Å². The van der Waals surface area contributed by atoms with E-state index < -0.39 is 5.91 Å². The first-order valence-corrected chi connectivity index (χ1v) is 7.34. The van der Waals surface area contributed by atoms with Gasteiger partial charge >= 0.3 is 0 Å². The number of nitrogens with zero attached hydrogens (tertiary/aromatic N) is 1. The van der Waals surface area contributed by atoms with Gasteiger partial charge in [0.15, 0.2) is 0 Å². The highest BCUT2D eigenvalue weighted by atomic mass is 16.5. The molecule has 0 unspecified atom stereocenters. The lowest BCUT2D eigenvalue weighted by Gasteiger charge is -2.10. The van der Waals surface area contributed by atoms with E-state index in [9.17, 15) is 9.59 Å². The van der Waals surface area contributed by atoms with Gasteiger partial charge in [-0.2, -0.15) is 0 Å². The van der Waals surface area contributed by atoms with Crippen LogP contribution in [0, 0.1) is 0 Å². The molecule has 2 rings (SSSR count). The van der Waals surface area contributed by atoms with Crippen molar-refractivity contribution in [2.75, 3.05) is 32.7 Å². The number of para-hydroxylation sites is 2. The zero-order valence-electron chi connectivity index (χ0n) is 13.5. The first-order chi connectivity index (χ1) is 11.7. The predicted molar refractivity (Wildman–Crippen MR) is 89.4 cm³/mol. The Morgan fingerprint density at radius 2 is 1.71 bits per heavy atom. The van der Waals surface area contributed by atoms with Gasteiger partial charge in [0.1, 0.15) is 17.1 Å². The molecule has 7 nitrogen and oxygen atoms in total. The molecule has 2 amide bonds. The van der Waals surface area contributed by atoms with Gasteiger partial charge in [-0.3, -0.25) is 9.59 Å². The SMILES string of the molecule is COCCNC(=O)c1cccc(C(=O)Nc2ccccc2OC)n1. The molecule has 2 N–H and O–H groups in total. The van der Waals surface area contributed by atoms with Gasteiger partial charge in [-0.05, 0) is 24.3 Å². The number of carbonyl (C=O) groups excluding carboxylic acids is 2. The average Bonchev–Trinajstić information content (AvgIpc) is 2.62. The molecule has 0 atom stereocenters. The molecule has 0 saturated carbocycles. The van der Waals surface area contributed by atoms with Crippen molar-refractivity contribution in [2.24, 2.45) is 0 Å². The van der Waals surface area contributed by atoms with Crippen LogP contribution in [0.1, 0.15) is 21.0 Å². The number of amides is 2. The van der Waals surface area contributed by atoms with Crippen molar-refractivity contribution in [1.82, 2.24) is 10.3 Å². The van der Waals surface area contributed by atoms with Crippen molar-refractivity contribution in [3.63, 3.8) is 0 Å². The minimum absolute atomic E-state index is 0.139. The fourth-order valence-corrected chi connectivity index (χ4v) is 1.98. The number of hydrogen-bond acceptors (Lipinski definition) is 5. The molecule has 0 aliphatic heterocycles. The standard InChI is InChI=1S/C17H19N3O4/c1-23-11-10-18-16(21)13-7-5-8-14(19-13)17(22)20-12-6-3-4-9-15(12)24-2/h3-9H,10-11H2,1-2H3,(H,18,21)(H,20,22). The number of carbonyl (C=O) groups is 2. The summed E-state index contributed by atoms with van der Waals surface area (Å²) in [5, 5.41) is 5.37. The Morgan fingerprint density at radius 3 is 2.42 bits per heavy atom. The summed E-state index contributed by atoms with van der Waals surface area (Å²) in [7, 11) is 3.07. The molecule has 1 heterocycles. The number of nitrogens with one attached hydrogen (secondary N) is 2. The summed E-state index contributed by atoms with van der Waals surface area (Å²) in [4.78, 5) is 28.4. The van der Waals surface area contributed by atoms with E-state index in [2.05, 4.69) is 15.6 Å². The molecule has 1 aromatic heterocycles. The summed E-state index contributed by atoms with van der Waals surface area (Å²) in [6.45, 7) is 0.772. The second-order valence-electron chi connectivity index (χ2n) is 4.81. The number of anilines is 1. The smallest absolute Gasteiger partial charge is 0.274 e. The summed E-state index contributed by atoms with van der Waals surface area (Å²) in [6.07, 6.45) is 0. The average molecular weight is 329 g/mol. The van der Waals surface area contributed by atoms with E-state index in [1.165, 1.54) is 13.2 Å². The van der Waals surface area contributed by atoms with Crippen molar-refractivity contribution in [2.45, 2.75) is 0 Å². The third-order valence-electron chi connectivity index (χ3n) is 3.16. The number of pyridine rings is 1. The van der Waals surface area contributed by atoms with Crippen LogP contribution in [0.3, 0.4) is 0 Å². The Kier molecular flexibility index (Phi) is 6.27. The second kappa shape index (κ2) is 8.64. The van der Waals surface area contributed by atoms with Crippen LogP contribution in [0.15, 0.2) is 42.5 Å². The van der Waals surface area contributed by atoms with Gasteiger partial charge in [-0.1, -0.05) is 18.2 Å². The lowest BCUT2D eigenvalue weighted by atomic mass is 10.2. The number of ether oxygens (including phenoxy) is 2. The van der Waals surface area contributed by atoms with E-state index in [0.717, 1.165) is 0 Å². The van der Waals surface area contributed by atoms with Crippen molar-refractivity contribution in [3.05, 3.63) is 53.9 Å². The first kappa shape index (κ1) is 17.4. The van der Waals surface area contributed by atoms with E-state index in [0.29, 0.717) is 24.6 Å². The number of hydrogen-bond donors (Lipinski definition) is 2. The van der Waals surface area contributed by atoms with Gasteiger partial charge in [-0.25, -0.2) is 4.98 Å². The lowest BCUT2D eigenvalue weighted by Crippen LogP contribution is -2.28. The van der Waals surface area contributed by atoms with Gasteiger partial charge in [0.05, 0.1) is 19.4 Å². The molecule has 0 aliphatic rings. The highest BCUT2D eigenvalue weighted by Gasteiger charge is 2.13. The largest absolute Gasteiger partial charge is 0.495 e. The van der Waals surface area contributed by atoms with Gasteiger partial charge in [0.25, 0.3) is 11.8 Å². The second-order valence-corrected chi connectivity index (χ2v) is 4.81. The maximum Gasteiger partial charge on any atom is 0.274 e. The van der Waals surface area contributed by atoms with E-state index in [1.54, 1.807) is 43.5 Å². The number of rotatable bonds is 7. The number of benzene rings is 1. The summed E-state index contributed by atoms with van der Waals surface area (Å²) >= 11 is 0. The molecule has 0 bridgehead atoms. The molecule has 0 aliphatic carbocycles. The Bertz CT molecular complexity index is 718. The molecule has 0 spiro atoms. The highest BCUT2D eigenvalue weighted by molar-refractivity contribution is 6.04. The molecule has 24 heavy (non-hydrogen) atoms. The molecular weight excluding hydrogens is 310 g/mol. The third-order valence-corrected chi connectivity index (χ3v) is 3.16. The predicted octanol–water partition coefficient (Wildman–Crippen LogP) is 1.72. The van der Waals surface area contributed by atoms with Crippen LogP contribution in [0.2, 0.25) is 0 Å². The molecule has 126 valence electrons. The molecule has 7 heteroatoms. The topological polar surface area (TPSA) is 89.5 Å². The van der Waals surface area contributed by atoms with E-state index in [1.807, 2.05) is 0 Å². The number of methoxy groups -OCH3 is 2. The molecule has 0 saturated heterocycles. The Morgan fingerprint density at radius 1 is 1.00 bits per heavy atom. The third kappa shape index (κ3) is 4.53. The molecule has 0 radical (unpaired) electrons. The summed E-state index contributed by atoms with van der Waals surface area (Å²) in [6, 6.07) is 11.7. The maximum atomic E-state index is 12.3. The van der Waals surface area contributed by atoms with Crippen molar-refractivity contribution >= 4 is 17.5 Å². The van der Waals surface area contributed by atoms with Crippen LogP contribution >= 0.6 is 0 Å². The fourth-order valence-electron chi connectivity index (χ4n) is 1.98. The van der Waals surface area contributed by atoms with Gasteiger partial charge in [0, 0.05) is 13.7 Å². The van der Waals surface area contributed by atoms with E-state index in [-0.39, 0.29) is 17.3 Å². The quantitative estimate of drug-likeness (QED) is 0.755.